The lowest BCUT2D eigenvalue weighted by atomic mass is 10.1. The van der Waals surface area contributed by atoms with Crippen LogP contribution in [0.15, 0.2) is 39.4 Å². The van der Waals surface area contributed by atoms with Gasteiger partial charge in [-0.25, -0.2) is 9.18 Å². The molecule has 25 heavy (non-hydrogen) atoms. The number of rotatable bonds is 3. The van der Waals surface area contributed by atoms with Crippen molar-refractivity contribution in [1.82, 2.24) is 5.32 Å². The van der Waals surface area contributed by atoms with Crippen molar-refractivity contribution in [2.75, 3.05) is 7.11 Å². The van der Waals surface area contributed by atoms with Crippen LogP contribution in [0.2, 0.25) is 0 Å². The first kappa shape index (κ1) is 18.6. The summed E-state index contributed by atoms with van der Waals surface area (Å²) in [6, 6.07) is 2.49. The number of amidine groups is 1. The van der Waals surface area contributed by atoms with E-state index in [9.17, 15) is 27.2 Å². The number of ether oxygens (including phenoxy) is 1. The maximum atomic E-state index is 13.6. The second-order valence-corrected chi connectivity index (χ2v) is 5.47. The third-order valence-corrected chi connectivity index (χ3v) is 3.69. The van der Waals surface area contributed by atoms with E-state index in [0.717, 1.165) is 37.1 Å². The number of esters is 1. The highest BCUT2D eigenvalue weighted by molar-refractivity contribution is 8.18. The molecule has 0 radical (unpaired) electrons. The molecule has 0 atom stereocenters. The van der Waals surface area contributed by atoms with Crippen LogP contribution in [0.4, 0.5) is 17.6 Å². The predicted molar refractivity (Wildman–Crippen MR) is 82.3 cm³/mol. The van der Waals surface area contributed by atoms with Crippen LogP contribution in [-0.2, 0) is 20.5 Å². The average Bonchev–Trinajstić information content (AvgIpc) is 2.87. The lowest BCUT2D eigenvalue weighted by molar-refractivity contribution is -0.138. The summed E-state index contributed by atoms with van der Waals surface area (Å²) >= 11 is 0.731. The van der Waals surface area contributed by atoms with Gasteiger partial charge in [0, 0.05) is 11.6 Å². The van der Waals surface area contributed by atoms with Crippen LogP contribution in [0.5, 0.6) is 0 Å². The Kier molecular flexibility index (Phi) is 5.57. The zero-order chi connectivity index (χ0) is 18.6. The van der Waals surface area contributed by atoms with Crippen molar-refractivity contribution in [3.63, 3.8) is 0 Å². The van der Waals surface area contributed by atoms with E-state index in [1.165, 1.54) is 0 Å². The van der Waals surface area contributed by atoms with Gasteiger partial charge in [-0.15, -0.1) is 5.10 Å². The minimum Gasteiger partial charge on any atom is -0.466 e. The second kappa shape index (κ2) is 7.47. The number of nitrogens with one attached hydrogen (secondary N) is 1. The van der Waals surface area contributed by atoms with E-state index in [2.05, 4.69) is 20.3 Å². The zero-order valence-electron chi connectivity index (χ0n) is 12.4. The monoisotopic (exact) mass is 375 g/mol. The molecule has 1 aliphatic heterocycles. The normalized spacial score (nSPS) is 18.2. The van der Waals surface area contributed by atoms with Crippen molar-refractivity contribution in [2.45, 2.75) is 6.18 Å². The van der Waals surface area contributed by atoms with E-state index in [-0.39, 0.29) is 10.1 Å². The van der Waals surface area contributed by atoms with Gasteiger partial charge in [-0.1, -0.05) is 6.07 Å². The van der Waals surface area contributed by atoms with Gasteiger partial charge in [-0.05, 0) is 23.9 Å². The Hall–Kier alpha value is -2.69. The molecule has 0 saturated carbocycles. The third-order valence-electron chi connectivity index (χ3n) is 2.79. The van der Waals surface area contributed by atoms with Crippen molar-refractivity contribution in [3.05, 3.63) is 46.1 Å². The van der Waals surface area contributed by atoms with Gasteiger partial charge in [-0.3, -0.25) is 10.1 Å². The quantitative estimate of drug-likeness (QED) is 0.289. The fraction of sp³-hybridized carbons (Fsp3) is 0.143. The number of alkyl halides is 3. The molecule has 0 unspecified atom stereocenters. The van der Waals surface area contributed by atoms with Gasteiger partial charge < -0.3 is 4.74 Å². The second-order valence-electron chi connectivity index (χ2n) is 4.44. The van der Waals surface area contributed by atoms with Crippen molar-refractivity contribution >= 4 is 35.0 Å². The molecule has 0 aliphatic carbocycles. The molecule has 132 valence electrons. The van der Waals surface area contributed by atoms with Crippen molar-refractivity contribution in [3.8, 4) is 0 Å². The summed E-state index contributed by atoms with van der Waals surface area (Å²) in [6.07, 6.45) is -3.24. The first-order chi connectivity index (χ1) is 11.7. The van der Waals surface area contributed by atoms with E-state index in [0.29, 0.717) is 12.3 Å². The molecule has 0 spiro atoms. The van der Waals surface area contributed by atoms with E-state index in [4.69, 9.17) is 0 Å². The number of thioether (sulfide) groups is 1. The van der Waals surface area contributed by atoms with Gasteiger partial charge in [0.05, 0.1) is 23.8 Å². The largest absolute Gasteiger partial charge is 0.466 e. The highest BCUT2D eigenvalue weighted by Crippen LogP contribution is 2.32. The Labute approximate surface area is 142 Å². The molecule has 0 aromatic heterocycles. The van der Waals surface area contributed by atoms with Gasteiger partial charge in [0.25, 0.3) is 5.91 Å². The number of hydrogen-bond donors (Lipinski definition) is 1. The summed E-state index contributed by atoms with van der Waals surface area (Å²) < 4.78 is 56.5. The van der Waals surface area contributed by atoms with Crippen LogP contribution in [0, 0.1) is 5.82 Å². The Morgan fingerprint density at radius 3 is 2.72 bits per heavy atom. The van der Waals surface area contributed by atoms with E-state index >= 15 is 0 Å². The molecule has 1 fully saturated rings. The van der Waals surface area contributed by atoms with Gasteiger partial charge in [0.15, 0.2) is 5.17 Å². The Bertz CT molecular complexity index is 803. The lowest BCUT2D eigenvalue weighted by Gasteiger charge is -2.09. The number of methoxy groups -OCH3 is 1. The number of carbonyl (C=O) groups is 2. The molecule has 1 saturated heterocycles. The number of halogens is 4. The van der Waals surface area contributed by atoms with Crippen LogP contribution < -0.4 is 5.32 Å². The maximum absolute atomic E-state index is 13.6. The molecule has 1 aromatic carbocycles. The molecular weight excluding hydrogens is 366 g/mol. The van der Waals surface area contributed by atoms with Gasteiger partial charge in [0.1, 0.15) is 5.82 Å². The van der Waals surface area contributed by atoms with Crippen molar-refractivity contribution in [1.29, 1.82) is 0 Å². The highest BCUT2D eigenvalue weighted by Gasteiger charge is 2.34. The predicted octanol–water partition coefficient (Wildman–Crippen LogP) is 2.45. The Balaban J connectivity index is 2.22. The average molecular weight is 375 g/mol. The third kappa shape index (κ3) is 4.66. The number of carbonyl (C=O) groups excluding carboxylic acids is 2. The molecule has 1 heterocycles. The van der Waals surface area contributed by atoms with Gasteiger partial charge in [-0.2, -0.15) is 18.3 Å². The molecular formula is C14H9F4N3O3S. The number of benzene rings is 1. The summed E-state index contributed by atoms with van der Waals surface area (Å²) in [5.74, 6) is -2.53. The van der Waals surface area contributed by atoms with Crippen LogP contribution in [0.25, 0.3) is 0 Å². The summed E-state index contributed by atoms with van der Waals surface area (Å²) in [5, 5.41) is 9.04. The smallest absolute Gasteiger partial charge is 0.417 e. The van der Waals surface area contributed by atoms with E-state index in [1.807, 2.05) is 0 Å². The van der Waals surface area contributed by atoms with E-state index in [1.54, 1.807) is 0 Å². The van der Waals surface area contributed by atoms with Crippen LogP contribution >= 0.6 is 11.8 Å². The summed E-state index contributed by atoms with van der Waals surface area (Å²) in [5.41, 5.74) is -1.98. The Morgan fingerprint density at radius 2 is 2.08 bits per heavy atom. The molecule has 0 bridgehead atoms. The van der Waals surface area contributed by atoms with Crippen molar-refractivity contribution < 1.29 is 31.9 Å². The van der Waals surface area contributed by atoms with Crippen LogP contribution in [0.1, 0.15) is 11.1 Å². The number of hydrogen-bond acceptors (Lipinski definition) is 6. The summed E-state index contributed by atoms with van der Waals surface area (Å²) in [6.45, 7) is 0. The van der Waals surface area contributed by atoms with Crippen LogP contribution in [-0.4, -0.2) is 30.4 Å². The standard InChI is InChI=1S/C14H9F4N3O3S/c1-24-11(22)5-10-12(23)20-13(25-10)21-19-6-7-8(14(16,17)18)3-2-4-9(7)15/h2-6H,1H3,(H,20,21,23)/b10-5+,19-6?. The SMILES string of the molecule is COC(=O)/C=C1/S/C(=N\N=Cc2c(F)cccc2C(F)(F)F)NC1=O. The molecule has 1 amide bonds. The molecule has 1 aliphatic rings. The highest BCUT2D eigenvalue weighted by atomic mass is 32.2. The van der Waals surface area contributed by atoms with Crippen molar-refractivity contribution in [2.24, 2.45) is 10.2 Å². The fourth-order valence-electron chi connectivity index (χ4n) is 1.70. The topological polar surface area (TPSA) is 80.1 Å². The number of amides is 1. The summed E-state index contributed by atoms with van der Waals surface area (Å²) in [7, 11) is 1.13. The maximum Gasteiger partial charge on any atom is 0.417 e. The molecule has 2 rings (SSSR count). The summed E-state index contributed by atoms with van der Waals surface area (Å²) in [4.78, 5) is 22.6. The Morgan fingerprint density at radius 1 is 1.36 bits per heavy atom. The zero-order valence-corrected chi connectivity index (χ0v) is 13.2. The fourth-order valence-corrected chi connectivity index (χ4v) is 2.43. The van der Waals surface area contributed by atoms with E-state index < -0.39 is 35.0 Å². The lowest BCUT2D eigenvalue weighted by Crippen LogP contribution is -2.19. The van der Waals surface area contributed by atoms with Gasteiger partial charge in [0.2, 0.25) is 0 Å². The first-order valence-electron chi connectivity index (χ1n) is 6.48. The number of nitrogens with zero attached hydrogens (tertiary/aromatic N) is 2. The van der Waals surface area contributed by atoms with Crippen LogP contribution in [0.3, 0.4) is 0 Å². The molecule has 11 heteroatoms. The molecule has 1 aromatic rings. The minimum absolute atomic E-state index is 0.0253. The first-order valence-corrected chi connectivity index (χ1v) is 7.29. The van der Waals surface area contributed by atoms with Gasteiger partial charge >= 0.3 is 12.1 Å². The molecule has 1 N–H and O–H groups in total. The minimum atomic E-state index is -4.76. The molecule has 6 nitrogen and oxygen atoms in total.